The molecule has 0 radical (unpaired) electrons. The molecule has 0 bridgehead atoms. The van der Waals surface area contributed by atoms with Crippen LogP contribution in [0.15, 0.2) is 48.5 Å². The summed E-state index contributed by atoms with van der Waals surface area (Å²) in [5, 5.41) is 0. The third kappa shape index (κ3) is 3.25. The zero-order chi connectivity index (χ0) is 13.7. The van der Waals surface area contributed by atoms with E-state index in [-0.39, 0.29) is 0 Å². The van der Waals surface area contributed by atoms with E-state index in [4.69, 9.17) is 9.47 Å². The lowest BCUT2D eigenvalue weighted by Crippen LogP contribution is -2.00. The molecule has 2 aromatic rings. The molecule has 0 aliphatic carbocycles. The Labute approximate surface area is 111 Å². The van der Waals surface area contributed by atoms with Crippen molar-refractivity contribution in [1.82, 2.24) is 0 Å². The fourth-order valence-electron chi connectivity index (χ4n) is 1.61. The largest absolute Gasteiger partial charge is 0.497 e. The molecule has 2 rings (SSSR count). The van der Waals surface area contributed by atoms with Crippen LogP contribution in [0.25, 0.3) is 0 Å². The van der Waals surface area contributed by atoms with Gasteiger partial charge < -0.3 is 14.2 Å². The Bertz CT molecular complexity index is 578. The van der Waals surface area contributed by atoms with Crippen LogP contribution in [-0.4, -0.2) is 20.2 Å². The molecular weight excluding hydrogens is 244 g/mol. The van der Waals surface area contributed by atoms with Gasteiger partial charge in [-0.15, -0.1) is 0 Å². The molecule has 4 nitrogen and oxygen atoms in total. The topological polar surface area (TPSA) is 44.8 Å². The molecule has 0 saturated heterocycles. The summed E-state index contributed by atoms with van der Waals surface area (Å²) in [4.78, 5) is 11.4. The van der Waals surface area contributed by atoms with Gasteiger partial charge >= 0.3 is 5.97 Å². The highest BCUT2D eigenvalue weighted by Gasteiger charge is 2.07. The molecular formula is C15H14O4. The van der Waals surface area contributed by atoms with Crippen LogP contribution >= 0.6 is 0 Å². The Morgan fingerprint density at radius 3 is 2.21 bits per heavy atom. The van der Waals surface area contributed by atoms with Gasteiger partial charge in [0.2, 0.25) is 0 Å². The zero-order valence-corrected chi connectivity index (χ0v) is 10.8. The summed E-state index contributed by atoms with van der Waals surface area (Å²) in [5.74, 6) is 1.52. The summed E-state index contributed by atoms with van der Waals surface area (Å²) < 4.78 is 15.4. The third-order valence-electron chi connectivity index (χ3n) is 2.53. The molecule has 0 unspecified atom stereocenters. The highest BCUT2D eigenvalue weighted by Crippen LogP contribution is 2.25. The second kappa shape index (κ2) is 5.91. The van der Waals surface area contributed by atoms with Crippen LogP contribution < -0.4 is 9.47 Å². The van der Waals surface area contributed by atoms with Gasteiger partial charge in [0.05, 0.1) is 19.8 Å². The number of rotatable bonds is 4. The molecule has 0 heterocycles. The van der Waals surface area contributed by atoms with Crippen molar-refractivity contribution in [2.75, 3.05) is 14.2 Å². The molecule has 0 atom stereocenters. The first kappa shape index (κ1) is 13.0. The summed E-state index contributed by atoms with van der Waals surface area (Å²) in [7, 11) is 2.94. The number of benzene rings is 2. The molecule has 0 fully saturated rings. The lowest BCUT2D eigenvalue weighted by atomic mass is 10.2. The Morgan fingerprint density at radius 2 is 1.53 bits per heavy atom. The first-order valence-electron chi connectivity index (χ1n) is 5.73. The number of hydrogen-bond donors (Lipinski definition) is 0. The molecule has 19 heavy (non-hydrogen) atoms. The molecule has 0 N–H and O–H groups in total. The average Bonchev–Trinajstić information content (AvgIpc) is 2.47. The summed E-state index contributed by atoms with van der Waals surface area (Å²) in [6.07, 6.45) is 0. The summed E-state index contributed by atoms with van der Waals surface area (Å²) >= 11 is 0. The highest BCUT2D eigenvalue weighted by atomic mass is 16.5. The van der Waals surface area contributed by atoms with Gasteiger partial charge in [0.25, 0.3) is 0 Å². The van der Waals surface area contributed by atoms with E-state index in [9.17, 15) is 4.79 Å². The minimum absolute atomic E-state index is 0.393. The lowest BCUT2D eigenvalue weighted by Gasteiger charge is -2.08. The minimum Gasteiger partial charge on any atom is -0.497 e. The van der Waals surface area contributed by atoms with Crippen LogP contribution in [0.2, 0.25) is 0 Å². The summed E-state index contributed by atoms with van der Waals surface area (Å²) in [6.45, 7) is 0. The van der Waals surface area contributed by atoms with E-state index in [2.05, 4.69) is 4.74 Å². The van der Waals surface area contributed by atoms with Gasteiger partial charge in [0, 0.05) is 6.07 Å². The Hall–Kier alpha value is -2.49. The molecule has 0 aromatic heterocycles. The van der Waals surface area contributed by atoms with Crippen molar-refractivity contribution in [3.8, 4) is 17.2 Å². The number of carbonyl (C=O) groups is 1. The number of hydrogen-bond acceptors (Lipinski definition) is 4. The number of esters is 1. The maximum absolute atomic E-state index is 11.4. The van der Waals surface area contributed by atoms with Gasteiger partial charge in [-0.25, -0.2) is 4.79 Å². The van der Waals surface area contributed by atoms with Gasteiger partial charge in [-0.2, -0.15) is 0 Å². The maximum atomic E-state index is 11.4. The van der Waals surface area contributed by atoms with E-state index in [0.29, 0.717) is 22.8 Å². The standard InChI is InChI=1S/C15H14O4/c1-17-12-6-4-8-14(10-12)19-13-7-3-5-11(9-13)15(16)18-2/h3-10H,1-2H3. The predicted octanol–water partition coefficient (Wildman–Crippen LogP) is 3.27. The fourth-order valence-corrected chi connectivity index (χ4v) is 1.61. The summed E-state index contributed by atoms with van der Waals surface area (Å²) in [5.41, 5.74) is 0.447. The van der Waals surface area contributed by atoms with Crippen molar-refractivity contribution in [3.63, 3.8) is 0 Å². The predicted molar refractivity (Wildman–Crippen MR) is 70.8 cm³/mol. The minimum atomic E-state index is -0.393. The molecule has 4 heteroatoms. The van der Waals surface area contributed by atoms with Crippen LogP contribution in [0.5, 0.6) is 17.2 Å². The third-order valence-corrected chi connectivity index (χ3v) is 2.53. The van der Waals surface area contributed by atoms with Gasteiger partial charge in [-0.1, -0.05) is 12.1 Å². The fraction of sp³-hybridized carbons (Fsp3) is 0.133. The highest BCUT2D eigenvalue weighted by molar-refractivity contribution is 5.89. The molecule has 98 valence electrons. The molecule has 0 saturated carbocycles. The molecule has 0 spiro atoms. The van der Waals surface area contributed by atoms with Crippen LogP contribution in [-0.2, 0) is 4.74 Å². The Morgan fingerprint density at radius 1 is 0.895 bits per heavy atom. The smallest absolute Gasteiger partial charge is 0.337 e. The number of methoxy groups -OCH3 is 2. The van der Waals surface area contributed by atoms with Gasteiger partial charge in [-0.3, -0.25) is 0 Å². The molecule has 0 aliphatic rings. The van der Waals surface area contributed by atoms with Crippen LogP contribution in [0.4, 0.5) is 0 Å². The number of ether oxygens (including phenoxy) is 3. The summed E-state index contributed by atoms with van der Waals surface area (Å²) in [6, 6.07) is 14.1. The van der Waals surface area contributed by atoms with E-state index in [1.807, 2.05) is 18.2 Å². The lowest BCUT2D eigenvalue weighted by molar-refractivity contribution is 0.0600. The van der Waals surface area contributed by atoms with Crippen LogP contribution in [0, 0.1) is 0 Å². The maximum Gasteiger partial charge on any atom is 0.337 e. The quantitative estimate of drug-likeness (QED) is 0.789. The normalized spacial score (nSPS) is 9.79. The van der Waals surface area contributed by atoms with Crippen molar-refractivity contribution in [3.05, 3.63) is 54.1 Å². The van der Waals surface area contributed by atoms with Crippen molar-refractivity contribution in [2.24, 2.45) is 0 Å². The second-order valence-corrected chi connectivity index (χ2v) is 3.80. The molecule has 0 aliphatic heterocycles. The monoisotopic (exact) mass is 258 g/mol. The SMILES string of the molecule is COC(=O)c1cccc(Oc2cccc(OC)c2)c1. The average molecular weight is 258 g/mol. The van der Waals surface area contributed by atoms with E-state index in [1.54, 1.807) is 37.4 Å². The molecule has 0 amide bonds. The van der Waals surface area contributed by atoms with Crippen LogP contribution in [0.3, 0.4) is 0 Å². The number of carbonyl (C=O) groups excluding carboxylic acids is 1. The Balaban J connectivity index is 2.20. The molecule has 2 aromatic carbocycles. The van der Waals surface area contributed by atoms with E-state index >= 15 is 0 Å². The van der Waals surface area contributed by atoms with Gasteiger partial charge in [-0.05, 0) is 30.3 Å². The first-order chi connectivity index (χ1) is 9.22. The van der Waals surface area contributed by atoms with Gasteiger partial charge in [0.15, 0.2) is 0 Å². The first-order valence-corrected chi connectivity index (χ1v) is 5.73. The Kier molecular flexibility index (Phi) is 4.03. The van der Waals surface area contributed by atoms with Gasteiger partial charge in [0.1, 0.15) is 17.2 Å². The zero-order valence-electron chi connectivity index (χ0n) is 10.8. The van der Waals surface area contributed by atoms with E-state index < -0.39 is 5.97 Å². The van der Waals surface area contributed by atoms with E-state index in [1.165, 1.54) is 7.11 Å². The van der Waals surface area contributed by atoms with Crippen molar-refractivity contribution in [2.45, 2.75) is 0 Å². The van der Waals surface area contributed by atoms with E-state index in [0.717, 1.165) is 0 Å². The van der Waals surface area contributed by atoms with Crippen molar-refractivity contribution in [1.29, 1.82) is 0 Å². The second-order valence-electron chi connectivity index (χ2n) is 3.80. The van der Waals surface area contributed by atoms with Crippen molar-refractivity contribution >= 4 is 5.97 Å². The van der Waals surface area contributed by atoms with Crippen LogP contribution in [0.1, 0.15) is 10.4 Å². The van der Waals surface area contributed by atoms with Crippen molar-refractivity contribution < 1.29 is 19.0 Å².